The minimum Gasteiger partial charge on any atom is -0.330 e. The Hall–Kier alpha value is -1.31. The molecule has 0 aliphatic carbocycles. The van der Waals surface area contributed by atoms with E-state index in [2.05, 4.69) is 44.2 Å². The largest absolute Gasteiger partial charge is 0.330 e. The van der Waals surface area contributed by atoms with Crippen molar-refractivity contribution in [1.82, 2.24) is 0 Å². The molecule has 0 spiro atoms. The fourth-order valence-electron chi connectivity index (χ4n) is 2.50. The van der Waals surface area contributed by atoms with Gasteiger partial charge in [0.1, 0.15) is 0 Å². The van der Waals surface area contributed by atoms with Gasteiger partial charge in [-0.15, -0.1) is 0 Å². The fourth-order valence-corrected chi connectivity index (χ4v) is 2.62. The highest BCUT2D eigenvalue weighted by molar-refractivity contribution is 6.30. The number of aryl methyl sites for hydroxylation is 2. The number of rotatable bonds is 4. The summed E-state index contributed by atoms with van der Waals surface area (Å²) in [5.41, 5.74) is 11.1. The Morgan fingerprint density at radius 2 is 1.74 bits per heavy atom. The summed E-state index contributed by atoms with van der Waals surface area (Å²) in [6.45, 7) is 4.97. The van der Waals surface area contributed by atoms with E-state index in [1.165, 1.54) is 22.3 Å². The summed E-state index contributed by atoms with van der Waals surface area (Å²) >= 11 is 5.97. The first-order valence-corrected chi connectivity index (χ1v) is 7.02. The summed E-state index contributed by atoms with van der Waals surface area (Å²) in [4.78, 5) is 0. The van der Waals surface area contributed by atoms with Crippen LogP contribution in [0.1, 0.15) is 34.6 Å². The van der Waals surface area contributed by atoms with Gasteiger partial charge in [0, 0.05) is 10.9 Å². The lowest BCUT2D eigenvalue weighted by Gasteiger charge is -2.20. The van der Waals surface area contributed by atoms with Crippen LogP contribution in [0.3, 0.4) is 0 Å². The van der Waals surface area contributed by atoms with Gasteiger partial charge in [-0.2, -0.15) is 0 Å². The Morgan fingerprint density at radius 3 is 2.37 bits per heavy atom. The first-order chi connectivity index (χ1) is 9.11. The molecule has 2 rings (SSSR count). The molecule has 0 saturated carbocycles. The molecule has 0 aliphatic rings. The Balaban J connectivity index is 2.44. The molecule has 0 aliphatic heterocycles. The normalized spacial score (nSPS) is 12.4. The summed E-state index contributed by atoms with van der Waals surface area (Å²) in [6.07, 6.45) is 0.950. The Bertz CT molecular complexity index is 546. The minimum absolute atomic E-state index is 0.349. The van der Waals surface area contributed by atoms with E-state index in [0.717, 1.165) is 11.4 Å². The van der Waals surface area contributed by atoms with Crippen molar-refractivity contribution in [3.63, 3.8) is 0 Å². The third-order valence-electron chi connectivity index (χ3n) is 3.54. The lowest BCUT2D eigenvalue weighted by Crippen LogP contribution is -2.10. The van der Waals surface area contributed by atoms with Gasteiger partial charge in [-0.05, 0) is 55.6 Å². The molecule has 1 nitrogen and oxygen atoms in total. The van der Waals surface area contributed by atoms with Crippen molar-refractivity contribution < 1.29 is 0 Å². The molecule has 0 aromatic heterocycles. The summed E-state index contributed by atoms with van der Waals surface area (Å²) < 4.78 is 0. The molecule has 0 radical (unpaired) electrons. The van der Waals surface area contributed by atoms with E-state index in [1.807, 2.05) is 12.1 Å². The zero-order valence-corrected chi connectivity index (χ0v) is 12.2. The van der Waals surface area contributed by atoms with Crippen LogP contribution in [0, 0.1) is 13.8 Å². The average Bonchev–Trinajstić information content (AvgIpc) is 2.40. The van der Waals surface area contributed by atoms with Gasteiger partial charge in [-0.1, -0.05) is 47.5 Å². The predicted octanol–water partition coefficient (Wildman–Crippen LogP) is 4.44. The van der Waals surface area contributed by atoms with Crippen LogP contribution in [0.25, 0.3) is 0 Å². The lowest BCUT2D eigenvalue weighted by atomic mass is 9.85. The Labute approximate surface area is 120 Å². The second-order valence-corrected chi connectivity index (χ2v) is 5.48. The molecule has 2 N–H and O–H groups in total. The zero-order valence-electron chi connectivity index (χ0n) is 11.5. The van der Waals surface area contributed by atoms with E-state index in [-0.39, 0.29) is 0 Å². The third-order valence-corrected chi connectivity index (χ3v) is 3.79. The topological polar surface area (TPSA) is 26.0 Å². The van der Waals surface area contributed by atoms with Crippen LogP contribution in [-0.2, 0) is 0 Å². The fraction of sp³-hybridized carbons (Fsp3) is 0.294. The van der Waals surface area contributed by atoms with Crippen molar-refractivity contribution in [2.24, 2.45) is 5.73 Å². The van der Waals surface area contributed by atoms with Crippen LogP contribution in [0.4, 0.5) is 0 Å². The maximum absolute atomic E-state index is 5.97. The predicted molar refractivity (Wildman–Crippen MR) is 82.9 cm³/mol. The van der Waals surface area contributed by atoms with Gasteiger partial charge in [0.25, 0.3) is 0 Å². The van der Waals surface area contributed by atoms with Gasteiger partial charge >= 0.3 is 0 Å². The van der Waals surface area contributed by atoms with Crippen molar-refractivity contribution in [3.8, 4) is 0 Å². The molecule has 2 heteroatoms. The lowest BCUT2D eigenvalue weighted by molar-refractivity contribution is 0.721. The standard InChI is InChI=1S/C17H20ClN/c1-12-3-4-13(2)17(11-12)16(9-10-19)14-5-7-15(18)8-6-14/h3-8,11,16H,9-10,19H2,1-2H3. The highest BCUT2D eigenvalue weighted by atomic mass is 35.5. The van der Waals surface area contributed by atoms with Crippen LogP contribution >= 0.6 is 11.6 Å². The Morgan fingerprint density at radius 1 is 1.05 bits per heavy atom. The van der Waals surface area contributed by atoms with E-state index < -0.39 is 0 Å². The summed E-state index contributed by atoms with van der Waals surface area (Å²) in [5, 5.41) is 0.774. The molecule has 0 bridgehead atoms. The van der Waals surface area contributed by atoms with E-state index >= 15 is 0 Å². The molecule has 19 heavy (non-hydrogen) atoms. The van der Waals surface area contributed by atoms with Crippen LogP contribution in [0.5, 0.6) is 0 Å². The maximum atomic E-state index is 5.97. The molecular weight excluding hydrogens is 254 g/mol. The smallest absolute Gasteiger partial charge is 0.0406 e. The van der Waals surface area contributed by atoms with Crippen molar-refractivity contribution in [3.05, 3.63) is 69.7 Å². The van der Waals surface area contributed by atoms with E-state index in [4.69, 9.17) is 17.3 Å². The minimum atomic E-state index is 0.349. The molecular formula is C17H20ClN. The van der Waals surface area contributed by atoms with Gasteiger partial charge in [-0.25, -0.2) is 0 Å². The molecule has 1 atom stereocenters. The van der Waals surface area contributed by atoms with Crippen LogP contribution in [0.15, 0.2) is 42.5 Å². The maximum Gasteiger partial charge on any atom is 0.0406 e. The molecule has 0 heterocycles. The molecule has 2 aromatic carbocycles. The van der Waals surface area contributed by atoms with Crippen LogP contribution < -0.4 is 5.73 Å². The van der Waals surface area contributed by atoms with Crippen molar-refractivity contribution in [2.45, 2.75) is 26.2 Å². The first-order valence-electron chi connectivity index (χ1n) is 6.64. The van der Waals surface area contributed by atoms with Gasteiger partial charge in [0.2, 0.25) is 0 Å². The first kappa shape index (κ1) is 14.1. The highest BCUT2D eigenvalue weighted by Crippen LogP contribution is 2.31. The summed E-state index contributed by atoms with van der Waals surface area (Å²) in [6, 6.07) is 14.7. The quantitative estimate of drug-likeness (QED) is 0.876. The van der Waals surface area contributed by atoms with Crippen LogP contribution in [0.2, 0.25) is 5.02 Å². The van der Waals surface area contributed by atoms with E-state index in [0.29, 0.717) is 12.5 Å². The van der Waals surface area contributed by atoms with Gasteiger partial charge < -0.3 is 5.73 Å². The van der Waals surface area contributed by atoms with Gasteiger partial charge in [-0.3, -0.25) is 0 Å². The number of nitrogens with two attached hydrogens (primary N) is 1. The third kappa shape index (κ3) is 3.37. The molecule has 100 valence electrons. The van der Waals surface area contributed by atoms with Crippen molar-refractivity contribution in [2.75, 3.05) is 6.54 Å². The number of hydrogen-bond acceptors (Lipinski definition) is 1. The molecule has 1 unspecified atom stereocenters. The van der Waals surface area contributed by atoms with Crippen molar-refractivity contribution >= 4 is 11.6 Å². The highest BCUT2D eigenvalue weighted by Gasteiger charge is 2.15. The number of benzene rings is 2. The zero-order chi connectivity index (χ0) is 13.8. The van der Waals surface area contributed by atoms with Crippen molar-refractivity contribution in [1.29, 1.82) is 0 Å². The molecule has 0 fully saturated rings. The summed E-state index contributed by atoms with van der Waals surface area (Å²) in [5.74, 6) is 0.349. The van der Waals surface area contributed by atoms with E-state index in [9.17, 15) is 0 Å². The SMILES string of the molecule is Cc1ccc(C)c(C(CCN)c2ccc(Cl)cc2)c1. The second-order valence-electron chi connectivity index (χ2n) is 5.04. The van der Waals surface area contributed by atoms with Gasteiger partial charge in [0.15, 0.2) is 0 Å². The average molecular weight is 274 g/mol. The monoisotopic (exact) mass is 273 g/mol. The second kappa shape index (κ2) is 6.23. The van der Waals surface area contributed by atoms with E-state index in [1.54, 1.807) is 0 Å². The number of hydrogen-bond donors (Lipinski definition) is 1. The van der Waals surface area contributed by atoms with Crippen LogP contribution in [-0.4, -0.2) is 6.54 Å². The molecule has 0 saturated heterocycles. The molecule has 0 amide bonds. The Kier molecular flexibility index (Phi) is 4.62. The summed E-state index contributed by atoms with van der Waals surface area (Å²) in [7, 11) is 0. The number of halogens is 1. The van der Waals surface area contributed by atoms with Gasteiger partial charge in [0.05, 0.1) is 0 Å². The molecule has 2 aromatic rings.